The number of aromatic nitrogens is 3. The number of rotatable bonds is 5. The van der Waals surface area contributed by atoms with Crippen molar-refractivity contribution in [2.45, 2.75) is 38.0 Å². The lowest BCUT2D eigenvalue weighted by Crippen LogP contribution is -2.17. The Kier molecular flexibility index (Phi) is 6.09. The first-order valence-electron chi connectivity index (χ1n) is 8.71. The van der Waals surface area contributed by atoms with E-state index in [1.807, 2.05) is 39.0 Å². The number of thioether (sulfide) groups is 1. The summed E-state index contributed by atoms with van der Waals surface area (Å²) >= 11 is 6.89. The van der Waals surface area contributed by atoms with Crippen molar-refractivity contribution in [2.24, 2.45) is 0 Å². The van der Waals surface area contributed by atoms with Crippen molar-refractivity contribution in [3.63, 3.8) is 0 Å². The molecule has 3 rings (SSSR count). The number of carbonyl (C=O) groups is 1. The van der Waals surface area contributed by atoms with E-state index in [4.69, 9.17) is 11.6 Å². The number of anilines is 1. The normalized spacial score (nSPS) is 12.0. The Bertz CT molecular complexity index is 1070. The molecule has 1 N–H and O–H groups in total. The van der Waals surface area contributed by atoms with Gasteiger partial charge in [-0.05, 0) is 30.0 Å². The third-order valence-electron chi connectivity index (χ3n) is 4.28. The van der Waals surface area contributed by atoms with Gasteiger partial charge in [-0.25, -0.2) is 0 Å². The summed E-state index contributed by atoms with van der Waals surface area (Å²) in [6.07, 6.45) is -3.68. The summed E-state index contributed by atoms with van der Waals surface area (Å²) in [5.41, 5.74) is 1.88. The molecule has 0 saturated heterocycles. The van der Waals surface area contributed by atoms with Crippen LogP contribution >= 0.6 is 23.4 Å². The SMILES string of the molecule is Cc1cccc(C(C)C)c1NC(=O)CSc1nnc2c(Cl)cc(C(F)(F)F)cn12. The average Bonchev–Trinajstić information content (AvgIpc) is 3.04. The number of nitrogens with zero attached hydrogens (tertiary/aromatic N) is 3. The topological polar surface area (TPSA) is 59.3 Å². The maximum atomic E-state index is 13.0. The highest BCUT2D eigenvalue weighted by Crippen LogP contribution is 2.33. The molecule has 0 radical (unpaired) electrons. The number of benzene rings is 1. The van der Waals surface area contributed by atoms with Gasteiger partial charge in [-0.2, -0.15) is 13.2 Å². The van der Waals surface area contributed by atoms with E-state index in [1.165, 1.54) is 0 Å². The van der Waals surface area contributed by atoms with Gasteiger partial charge < -0.3 is 5.32 Å². The van der Waals surface area contributed by atoms with Gasteiger partial charge in [0.2, 0.25) is 5.91 Å². The minimum atomic E-state index is -4.56. The number of aryl methyl sites for hydroxylation is 1. The van der Waals surface area contributed by atoms with Crippen LogP contribution in [0.5, 0.6) is 0 Å². The third kappa shape index (κ3) is 4.67. The number of amides is 1. The van der Waals surface area contributed by atoms with E-state index in [0.717, 1.165) is 45.2 Å². The van der Waals surface area contributed by atoms with Crippen molar-refractivity contribution in [2.75, 3.05) is 11.1 Å². The molecule has 0 spiro atoms. The quantitative estimate of drug-likeness (QED) is 0.525. The van der Waals surface area contributed by atoms with Gasteiger partial charge in [-0.3, -0.25) is 9.20 Å². The Morgan fingerprint density at radius 2 is 2.03 bits per heavy atom. The Labute approximate surface area is 174 Å². The van der Waals surface area contributed by atoms with Gasteiger partial charge >= 0.3 is 6.18 Å². The Balaban J connectivity index is 1.80. The van der Waals surface area contributed by atoms with Crippen LogP contribution in [0, 0.1) is 6.92 Å². The highest BCUT2D eigenvalue weighted by atomic mass is 35.5. The molecule has 1 aromatic carbocycles. The Morgan fingerprint density at radius 3 is 2.69 bits per heavy atom. The fraction of sp³-hybridized carbons (Fsp3) is 0.316. The van der Waals surface area contributed by atoms with Crippen LogP contribution in [0.3, 0.4) is 0 Å². The summed E-state index contributed by atoms with van der Waals surface area (Å²) in [5, 5.41) is 10.6. The third-order valence-corrected chi connectivity index (χ3v) is 5.50. The van der Waals surface area contributed by atoms with Crippen LogP contribution in [-0.4, -0.2) is 26.3 Å². The molecule has 0 aliphatic carbocycles. The van der Waals surface area contributed by atoms with E-state index in [2.05, 4.69) is 15.5 Å². The first kappa shape index (κ1) is 21.4. The zero-order valence-corrected chi connectivity index (χ0v) is 17.4. The second-order valence-corrected chi connectivity index (χ2v) is 8.13. The molecule has 154 valence electrons. The van der Waals surface area contributed by atoms with Crippen LogP contribution in [0.1, 0.15) is 36.5 Å². The summed E-state index contributed by atoms with van der Waals surface area (Å²) in [7, 11) is 0. The largest absolute Gasteiger partial charge is 0.417 e. The van der Waals surface area contributed by atoms with Gasteiger partial charge in [0, 0.05) is 11.9 Å². The monoisotopic (exact) mass is 442 g/mol. The molecule has 10 heteroatoms. The number of halogens is 4. The fourth-order valence-electron chi connectivity index (χ4n) is 2.84. The van der Waals surface area contributed by atoms with E-state index in [9.17, 15) is 18.0 Å². The molecule has 0 aliphatic rings. The second-order valence-electron chi connectivity index (χ2n) is 6.78. The van der Waals surface area contributed by atoms with Crippen LogP contribution in [0.2, 0.25) is 5.02 Å². The van der Waals surface area contributed by atoms with Crippen LogP contribution in [-0.2, 0) is 11.0 Å². The minimum absolute atomic E-state index is 0.0411. The molecule has 29 heavy (non-hydrogen) atoms. The molecule has 2 heterocycles. The molecule has 1 amide bonds. The number of hydrogen-bond donors (Lipinski definition) is 1. The highest BCUT2D eigenvalue weighted by molar-refractivity contribution is 7.99. The molecule has 0 atom stereocenters. The number of nitrogens with one attached hydrogen (secondary N) is 1. The summed E-state index contributed by atoms with van der Waals surface area (Å²) in [6, 6.07) is 6.59. The smallest absolute Gasteiger partial charge is 0.325 e. The van der Waals surface area contributed by atoms with E-state index < -0.39 is 11.7 Å². The number of para-hydroxylation sites is 1. The summed E-state index contributed by atoms with van der Waals surface area (Å²) in [6.45, 7) is 5.97. The molecule has 3 aromatic rings. The second kappa shape index (κ2) is 8.23. The van der Waals surface area contributed by atoms with Crippen molar-refractivity contribution in [1.29, 1.82) is 0 Å². The van der Waals surface area contributed by atoms with E-state index in [0.29, 0.717) is 0 Å². The van der Waals surface area contributed by atoms with Gasteiger partial charge in [0.15, 0.2) is 10.8 Å². The highest BCUT2D eigenvalue weighted by Gasteiger charge is 2.32. The van der Waals surface area contributed by atoms with Crippen LogP contribution in [0.25, 0.3) is 5.65 Å². The molecule has 0 fully saturated rings. The molecule has 0 unspecified atom stereocenters. The van der Waals surface area contributed by atoms with Gasteiger partial charge in [0.05, 0.1) is 16.3 Å². The van der Waals surface area contributed by atoms with Crippen LogP contribution in [0.15, 0.2) is 35.6 Å². The molecule has 0 aliphatic heterocycles. The van der Waals surface area contributed by atoms with Gasteiger partial charge in [0.25, 0.3) is 0 Å². The maximum absolute atomic E-state index is 13.0. The lowest BCUT2D eigenvalue weighted by molar-refractivity contribution is -0.137. The van der Waals surface area contributed by atoms with Crippen molar-refractivity contribution >= 4 is 40.6 Å². The Morgan fingerprint density at radius 1 is 1.31 bits per heavy atom. The zero-order chi connectivity index (χ0) is 21.3. The minimum Gasteiger partial charge on any atom is -0.325 e. The first-order valence-corrected chi connectivity index (χ1v) is 10.1. The molecular weight excluding hydrogens is 425 g/mol. The van der Waals surface area contributed by atoms with E-state index in [-0.39, 0.29) is 33.4 Å². The predicted molar refractivity (Wildman–Crippen MR) is 108 cm³/mol. The number of alkyl halides is 3. The standard InChI is InChI=1S/C19H18ClF3N4OS/c1-10(2)13-6-4-5-11(3)16(13)24-15(28)9-29-18-26-25-17-14(20)7-12(8-27(17)18)19(21,22)23/h4-8,10H,9H2,1-3H3,(H,24,28). The number of pyridine rings is 1. The molecule has 2 aromatic heterocycles. The fourth-order valence-corrected chi connectivity index (χ4v) is 3.79. The van der Waals surface area contributed by atoms with Crippen LogP contribution < -0.4 is 5.32 Å². The van der Waals surface area contributed by atoms with Gasteiger partial charge in [-0.1, -0.05) is 55.4 Å². The van der Waals surface area contributed by atoms with E-state index >= 15 is 0 Å². The van der Waals surface area contributed by atoms with Crippen molar-refractivity contribution in [1.82, 2.24) is 14.6 Å². The van der Waals surface area contributed by atoms with E-state index in [1.54, 1.807) is 0 Å². The number of hydrogen-bond acceptors (Lipinski definition) is 4. The van der Waals surface area contributed by atoms with Crippen molar-refractivity contribution in [3.05, 3.63) is 52.2 Å². The average molecular weight is 443 g/mol. The molecule has 0 saturated carbocycles. The molecular formula is C19H18ClF3N4OS. The van der Waals surface area contributed by atoms with Crippen molar-refractivity contribution in [3.8, 4) is 0 Å². The molecule has 0 bridgehead atoms. The van der Waals surface area contributed by atoms with Gasteiger partial charge in [0.1, 0.15) is 0 Å². The maximum Gasteiger partial charge on any atom is 0.417 e. The summed E-state index contributed by atoms with van der Waals surface area (Å²) in [5.74, 6) is -0.109. The number of fused-ring (bicyclic) bond motifs is 1. The molecule has 5 nitrogen and oxygen atoms in total. The lowest BCUT2D eigenvalue weighted by Gasteiger charge is -2.16. The predicted octanol–water partition coefficient (Wildman–Crippen LogP) is 5.56. The summed E-state index contributed by atoms with van der Waals surface area (Å²) < 4.78 is 40.3. The van der Waals surface area contributed by atoms with Crippen molar-refractivity contribution < 1.29 is 18.0 Å². The zero-order valence-electron chi connectivity index (χ0n) is 15.8. The first-order chi connectivity index (χ1) is 13.6. The summed E-state index contributed by atoms with van der Waals surface area (Å²) in [4.78, 5) is 12.5. The Hall–Kier alpha value is -2.26. The van der Waals surface area contributed by atoms with Crippen LogP contribution in [0.4, 0.5) is 18.9 Å². The lowest BCUT2D eigenvalue weighted by atomic mass is 9.98. The number of carbonyl (C=O) groups excluding carboxylic acids is 1. The van der Waals surface area contributed by atoms with Gasteiger partial charge in [-0.15, -0.1) is 10.2 Å².